The average molecular weight is 488 g/mol. The predicted octanol–water partition coefficient (Wildman–Crippen LogP) is 5.40. The molecule has 0 unspecified atom stereocenters. The van der Waals surface area contributed by atoms with Crippen molar-refractivity contribution in [3.63, 3.8) is 0 Å². The SMILES string of the molecule is S=C1N[C@H](c2ccccn2)[C@@H](c2ccn(C3CCCCC3)c2)N1c1ccc(N2CCOCC2)cc1. The van der Waals surface area contributed by atoms with Crippen molar-refractivity contribution >= 4 is 28.7 Å². The Morgan fingerprint density at radius 1 is 0.914 bits per heavy atom. The molecule has 0 radical (unpaired) electrons. The third kappa shape index (κ3) is 4.55. The number of pyridine rings is 1. The van der Waals surface area contributed by atoms with Crippen LogP contribution in [0.3, 0.4) is 0 Å². The first-order valence-electron chi connectivity index (χ1n) is 12.9. The Labute approximate surface area is 212 Å². The van der Waals surface area contributed by atoms with Gasteiger partial charge in [-0.3, -0.25) is 4.98 Å². The van der Waals surface area contributed by atoms with Crippen molar-refractivity contribution in [3.8, 4) is 0 Å². The Morgan fingerprint density at radius 3 is 2.43 bits per heavy atom. The molecular weight excluding hydrogens is 454 g/mol. The van der Waals surface area contributed by atoms with E-state index in [0.29, 0.717) is 6.04 Å². The van der Waals surface area contributed by atoms with Gasteiger partial charge < -0.3 is 24.4 Å². The van der Waals surface area contributed by atoms with Crippen LogP contribution >= 0.6 is 12.2 Å². The first kappa shape index (κ1) is 22.6. The number of rotatable bonds is 5. The lowest BCUT2D eigenvalue weighted by atomic mass is 9.95. The molecule has 7 heteroatoms. The van der Waals surface area contributed by atoms with Gasteiger partial charge in [-0.1, -0.05) is 25.3 Å². The maximum Gasteiger partial charge on any atom is 0.174 e. The van der Waals surface area contributed by atoms with Gasteiger partial charge in [0.25, 0.3) is 0 Å². The molecule has 2 atom stereocenters. The van der Waals surface area contributed by atoms with Gasteiger partial charge in [-0.2, -0.15) is 0 Å². The Morgan fingerprint density at radius 2 is 1.69 bits per heavy atom. The molecule has 3 fully saturated rings. The van der Waals surface area contributed by atoms with E-state index in [-0.39, 0.29) is 12.1 Å². The topological polar surface area (TPSA) is 45.6 Å². The zero-order valence-electron chi connectivity index (χ0n) is 20.1. The van der Waals surface area contributed by atoms with Gasteiger partial charge in [0, 0.05) is 49.1 Å². The fraction of sp³-hybridized carbons (Fsp3) is 0.429. The highest BCUT2D eigenvalue weighted by molar-refractivity contribution is 7.80. The second kappa shape index (κ2) is 9.99. The number of anilines is 2. The summed E-state index contributed by atoms with van der Waals surface area (Å²) in [6.07, 6.45) is 13.0. The summed E-state index contributed by atoms with van der Waals surface area (Å²) in [4.78, 5) is 9.35. The fourth-order valence-electron chi connectivity index (χ4n) is 5.83. The summed E-state index contributed by atoms with van der Waals surface area (Å²) < 4.78 is 7.96. The highest BCUT2D eigenvalue weighted by Gasteiger charge is 2.41. The number of hydrogen-bond donors (Lipinski definition) is 1. The summed E-state index contributed by atoms with van der Waals surface area (Å²) in [5, 5.41) is 4.34. The highest BCUT2D eigenvalue weighted by Crippen LogP contribution is 2.42. The van der Waals surface area contributed by atoms with E-state index >= 15 is 0 Å². The number of thiocarbonyl (C=S) groups is 1. The minimum absolute atomic E-state index is 0.00942. The first-order chi connectivity index (χ1) is 17.3. The average Bonchev–Trinajstić information content (AvgIpc) is 3.55. The molecule has 4 heterocycles. The lowest BCUT2D eigenvalue weighted by molar-refractivity contribution is 0.122. The molecule has 3 aromatic rings. The highest BCUT2D eigenvalue weighted by atomic mass is 32.1. The third-order valence-electron chi connectivity index (χ3n) is 7.68. The van der Waals surface area contributed by atoms with E-state index in [0.717, 1.165) is 42.8 Å². The maximum atomic E-state index is 5.92. The molecule has 2 saturated heterocycles. The molecule has 35 heavy (non-hydrogen) atoms. The van der Waals surface area contributed by atoms with E-state index in [9.17, 15) is 0 Å². The molecule has 1 aliphatic carbocycles. The number of nitrogens with one attached hydrogen (secondary N) is 1. The van der Waals surface area contributed by atoms with Gasteiger partial charge in [0.2, 0.25) is 0 Å². The van der Waals surface area contributed by atoms with Crippen LogP contribution in [0.5, 0.6) is 0 Å². The lowest BCUT2D eigenvalue weighted by Gasteiger charge is -2.30. The molecule has 3 aliphatic rings. The maximum absolute atomic E-state index is 5.92. The molecule has 1 N–H and O–H groups in total. The summed E-state index contributed by atoms with van der Waals surface area (Å²) in [7, 11) is 0. The molecule has 0 bridgehead atoms. The second-order valence-corrected chi connectivity index (χ2v) is 10.2. The van der Waals surface area contributed by atoms with Crippen LogP contribution in [-0.2, 0) is 4.74 Å². The van der Waals surface area contributed by atoms with E-state index < -0.39 is 0 Å². The number of aromatic nitrogens is 2. The van der Waals surface area contributed by atoms with Gasteiger partial charge in [-0.05, 0) is 73.1 Å². The molecule has 0 amide bonds. The van der Waals surface area contributed by atoms with Crippen LogP contribution in [0.4, 0.5) is 11.4 Å². The van der Waals surface area contributed by atoms with Crippen LogP contribution in [-0.4, -0.2) is 41.0 Å². The Hall–Kier alpha value is -2.90. The molecule has 1 aromatic carbocycles. The number of ether oxygens (including phenoxy) is 1. The lowest BCUT2D eigenvalue weighted by Crippen LogP contribution is -2.36. The molecule has 6 rings (SSSR count). The Balaban J connectivity index is 1.33. The van der Waals surface area contributed by atoms with Crippen LogP contribution in [0.2, 0.25) is 0 Å². The van der Waals surface area contributed by atoms with Crippen molar-refractivity contribution in [1.82, 2.24) is 14.9 Å². The summed E-state index contributed by atoms with van der Waals surface area (Å²) >= 11 is 5.92. The van der Waals surface area contributed by atoms with Crippen LogP contribution in [0, 0.1) is 0 Å². The number of hydrogen-bond acceptors (Lipinski definition) is 4. The van der Waals surface area contributed by atoms with E-state index in [1.165, 1.54) is 43.4 Å². The summed E-state index contributed by atoms with van der Waals surface area (Å²) in [5.74, 6) is 0. The molecule has 182 valence electrons. The van der Waals surface area contributed by atoms with Gasteiger partial charge in [-0.15, -0.1) is 0 Å². The van der Waals surface area contributed by atoms with Crippen LogP contribution in [0.1, 0.15) is 61.5 Å². The van der Waals surface area contributed by atoms with E-state index in [1.54, 1.807) is 0 Å². The zero-order chi connectivity index (χ0) is 23.6. The normalized spacial score (nSPS) is 23.5. The van der Waals surface area contributed by atoms with Crippen molar-refractivity contribution in [1.29, 1.82) is 0 Å². The third-order valence-corrected chi connectivity index (χ3v) is 7.99. The molecule has 2 aliphatic heterocycles. The largest absolute Gasteiger partial charge is 0.378 e. The quantitative estimate of drug-likeness (QED) is 0.486. The molecule has 2 aromatic heterocycles. The predicted molar refractivity (Wildman–Crippen MR) is 144 cm³/mol. The monoisotopic (exact) mass is 487 g/mol. The standard InChI is InChI=1S/C28H33N5OS/c35-28-30-26(25-8-4-5-14-29-25)27(21-13-15-32(20-21)22-6-2-1-3-7-22)33(28)24-11-9-23(10-12-24)31-16-18-34-19-17-31/h4-5,8-15,20,22,26-27H,1-3,6-7,16-19H2,(H,30,35)/t26-,27-/m1/s1. The minimum atomic E-state index is -0.00942. The van der Waals surface area contributed by atoms with Gasteiger partial charge in [0.05, 0.1) is 31.0 Å². The summed E-state index contributed by atoms with van der Waals surface area (Å²) in [6.45, 7) is 3.44. The van der Waals surface area contributed by atoms with E-state index in [4.69, 9.17) is 21.9 Å². The minimum Gasteiger partial charge on any atom is -0.378 e. The first-order valence-corrected chi connectivity index (χ1v) is 13.3. The number of nitrogens with zero attached hydrogens (tertiary/aromatic N) is 4. The summed E-state index contributed by atoms with van der Waals surface area (Å²) in [6, 6.07) is 17.8. The van der Waals surface area contributed by atoms with Gasteiger partial charge in [-0.25, -0.2) is 0 Å². The zero-order valence-corrected chi connectivity index (χ0v) is 20.9. The van der Waals surface area contributed by atoms with Crippen LogP contribution < -0.4 is 15.1 Å². The Kier molecular flexibility index (Phi) is 6.44. The van der Waals surface area contributed by atoms with Crippen LogP contribution in [0.15, 0.2) is 67.1 Å². The van der Waals surface area contributed by atoms with Crippen molar-refractivity contribution in [3.05, 3.63) is 78.4 Å². The number of benzene rings is 1. The van der Waals surface area contributed by atoms with Gasteiger partial charge >= 0.3 is 0 Å². The van der Waals surface area contributed by atoms with Gasteiger partial charge in [0.1, 0.15) is 0 Å². The fourth-order valence-corrected chi connectivity index (χ4v) is 6.18. The van der Waals surface area contributed by atoms with Crippen molar-refractivity contribution in [2.24, 2.45) is 0 Å². The van der Waals surface area contributed by atoms with Crippen molar-refractivity contribution in [2.45, 2.75) is 50.2 Å². The molecule has 1 saturated carbocycles. The van der Waals surface area contributed by atoms with Crippen molar-refractivity contribution in [2.75, 3.05) is 36.1 Å². The smallest absolute Gasteiger partial charge is 0.174 e. The Bertz CT molecular complexity index is 1140. The number of morpholine rings is 1. The summed E-state index contributed by atoms with van der Waals surface area (Å²) in [5.41, 5.74) is 4.62. The molecule has 6 nitrogen and oxygen atoms in total. The second-order valence-electron chi connectivity index (χ2n) is 9.80. The van der Waals surface area contributed by atoms with E-state index in [2.05, 4.69) is 74.5 Å². The van der Waals surface area contributed by atoms with Crippen LogP contribution in [0.25, 0.3) is 0 Å². The molecule has 0 spiro atoms. The molecular formula is C28H33N5OS. The van der Waals surface area contributed by atoms with E-state index in [1.807, 2.05) is 12.3 Å². The van der Waals surface area contributed by atoms with Gasteiger partial charge in [0.15, 0.2) is 5.11 Å². The van der Waals surface area contributed by atoms with Crippen molar-refractivity contribution < 1.29 is 4.74 Å².